The minimum absolute atomic E-state index is 0.196. The summed E-state index contributed by atoms with van der Waals surface area (Å²) < 4.78 is 0. The standard InChI is InChI=1S/C11H14N2O2/c12-9-4-2-1-3-8(9)7-13-6-5-10(14)11(13)15/h1-4,10,14H,5-7,12H2/t10-/m1/s1. The minimum Gasteiger partial charge on any atom is -0.398 e. The van der Waals surface area contributed by atoms with E-state index in [4.69, 9.17) is 5.73 Å². The lowest BCUT2D eigenvalue weighted by Gasteiger charge is -2.16. The Morgan fingerprint density at radius 3 is 2.80 bits per heavy atom. The van der Waals surface area contributed by atoms with Crippen molar-refractivity contribution in [2.24, 2.45) is 0 Å². The van der Waals surface area contributed by atoms with E-state index >= 15 is 0 Å². The van der Waals surface area contributed by atoms with Crippen LogP contribution in [0, 0.1) is 0 Å². The first-order chi connectivity index (χ1) is 7.18. The number of amides is 1. The predicted molar refractivity (Wildman–Crippen MR) is 56.9 cm³/mol. The highest BCUT2D eigenvalue weighted by atomic mass is 16.3. The number of nitrogens with zero attached hydrogens (tertiary/aromatic N) is 1. The van der Waals surface area contributed by atoms with E-state index in [0.29, 0.717) is 25.2 Å². The van der Waals surface area contributed by atoms with Crippen molar-refractivity contribution in [1.29, 1.82) is 0 Å². The molecule has 1 amide bonds. The first kappa shape index (κ1) is 9.98. The number of nitrogens with two attached hydrogens (primary N) is 1. The summed E-state index contributed by atoms with van der Waals surface area (Å²) >= 11 is 0. The molecule has 1 aromatic rings. The van der Waals surface area contributed by atoms with Gasteiger partial charge in [-0.05, 0) is 18.1 Å². The van der Waals surface area contributed by atoms with E-state index in [9.17, 15) is 9.90 Å². The smallest absolute Gasteiger partial charge is 0.251 e. The monoisotopic (exact) mass is 206 g/mol. The summed E-state index contributed by atoms with van der Waals surface area (Å²) in [6, 6.07) is 7.46. The fraction of sp³-hybridized carbons (Fsp3) is 0.364. The molecular weight excluding hydrogens is 192 g/mol. The van der Waals surface area contributed by atoms with Crippen LogP contribution in [0.15, 0.2) is 24.3 Å². The number of carbonyl (C=O) groups is 1. The zero-order valence-corrected chi connectivity index (χ0v) is 8.39. The number of likely N-dealkylation sites (tertiary alicyclic amines) is 1. The minimum atomic E-state index is -0.824. The van der Waals surface area contributed by atoms with Gasteiger partial charge in [0.1, 0.15) is 6.10 Å². The molecule has 4 heteroatoms. The number of benzene rings is 1. The normalized spacial score (nSPS) is 21.0. The second-order valence-corrected chi connectivity index (χ2v) is 3.76. The van der Waals surface area contributed by atoms with Gasteiger partial charge in [-0.25, -0.2) is 0 Å². The van der Waals surface area contributed by atoms with Gasteiger partial charge in [-0.2, -0.15) is 0 Å². The Morgan fingerprint density at radius 2 is 2.20 bits per heavy atom. The van der Waals surface area contributed by atoms with Gasteiger partial charge < -0.3 is 15.7 Å². The third kappa shape index (κ3) is 1.94. The lowest BCUT2D eigenvalue weighted by atomic mass is 10.2. The average Bonchev–Trinajstić information content (AvgIpc) is 2.53. The van der Waals surface area contributed by atoms with Crippen LogP contribution in [-0.4, -0.2) is 28.6 Å². The molecule has 0 aromatic heterocycles. The Balaban J connectivity index is 2.10. The number of nitrogen functional groups attached to an aromatic ring is 1. The van der Waals surface area contributed by atoms with Gasteiger partial charge in [-0.3, -0.25) is 4.79 Å². The van der Waals surface area contributed by atoms with Crippen LogP contribution in [0.2, 0.25) is 0 Å². The summed E-state index contributed by atoms with van der Waals surface area (Å²) in [7, 11) is 0. The van der Waals surface area contributed by atoms with Gasteiger partial charge >= 0.3 is 0 Å². The van der Waals surface area contributed by atoms with Crippen LogP contribution in [0.3, 0.4) is 0 Å². The molecule has 0 bridgehead atoms. The van der Waals surface area contributed by atoms with Crippen molar-refractivity contribution in [3.63, 3.8) is 0 Å². The molecule has 0 spiro atoms. The molecule has 0 unspecified atom stereocenters. The molecule has 0 radical (unpaired) electrons. The molecule has 1 fully saturated rings. The Bertz CT molecular complexity index is 379. The maximum Gasteiger partial charge on any atom is 0.251 e. The predicted octanol–water partition coefficient (Wildman–Crippen LogP) is 0.362. The van der Waals surface area contributed by atoms with Crippen molar-refractivity contribution in [3.05, 3.63) is 29.8 Å². The van der Waals surface area contributed by atoms with E-state index in [-0.39, 0.29) is 5.91 Å². The van der Waals surface area contributed by atoms with Gasteiger partial charge in [-0.15, -0.1) is 0 Å². The Kier molecular flexibility index (Phi) is 2.60. The van der Waals surface area contributed by atoms with Gasteiger partial charge in [0.2, 0.25) is 0 Å². The van der Waals surface area contributed by atoms with Crippen LogP contribution in [0.5, 0.6) is 0 Å². The Labute approximate surface area is 88.3 Å². The SMILES string of the molecule is Nc1ccccc1CN1CC[C@@H](O)C1=O. The lowest BCUT2D eigenvalue weighted by Crippen LogP contribution is -2.29. The summed E-state index contributed by atoms with van der Waals surface area (Å²) in [6.07, 6.45) is -0.305. The summed E-state index contributed by atoms with van der Waals surface area (Å²) in [5.74, 6) is -0.196. The third-order valence-electron chi connectivity index (χ3n) is 2.69. The van der Waals surface area contributed by atoms with Crippen LogP contribution in [0.4, 0.5) is 5.69 Å². The van der Waals surface area contributed by atoms with Crippen molar-refractivity contribution >= 4 is 11.6 Å². The summed E-state index contributed by atoms with van der Waals surface area (Å²) in [6.45, 7) is 1.09. The van der Waals surface area contributed by atoms with Gasteiger partial charge in [0.15, 0.2) is 0 Å². The number of carbonyl (C=O) groups excluding carboxylic acids is 1. The first-order valence-electron chi connectivity index (χ1n) is 4.98. The zero-order chi connectivity index (χ0) is 10.8. The number of anilines is 1. The van der Waals surface area contributed by atoms with E-state index in [2.05, 4.69) is 0 Å². The number of para-hydroxylation sites is 1. The van der Waals surface area contributed by atoms with E-state index in [0.717, 1.165) is 5.56 Å². The summed E-state index contributed by atoms with van der Waals surface area (Å²) in [4.78, 5) is 13.1. The third-order valence-corrected chi connectivity index (χ3v) is 2.69. The van der Waals surface area contributed by atoms with E-state index in [1.54, 1.807) is 4.90 Å². The van der Waals surface area contributed by atoms with E-state index < -0.39 is 6.10 Å². The second kappa shape index (κ2) is 3.90. The average molecular weight is 206 g/mol. The van der Waals surface area contributed by atoms with Crippen LogP contribution < -0.4 is 5.73 Å². The highest BCUT2D eigenvalue weighted by Crippen LogP contribution is 2.18. The maximum atomic E-state index is 11.5. The fourth-order valence-corrected chi connectivity index (χ4v) is 1.76. The van der Waals surface area contributed by atoms with Gasteiger partial charge in [-0.1, -0.05) is 18.2 Å². The molecule has 2 rings (SSSR count). The molecule has 4 nitrogen and oxygen atoms in total. The molecule has 15 heavy (non-hydrogen) atoms. The molecule has 1 aliphatic heterocycles. The number of rotatable bonds is 2. The van der Waals surface area contributed by atoms with Gasteiger partial charge in [0, 0.05) is 18.8 Å². The molecule has 80 valence electrons. The number of hydrogen-bond donors (Lipinski definition) is 2. The van der Waals surface area contributed by atoms with E-state index in [1.807, 2.05) is 24.3 Å². The van der Waals surface area contributed by atoms with Gasteiger partial charge in [0.25, 0.3) is 5.91 Å². The fourth-order valence-electron chi connectivity index (χ4n) is 1.76. The topological polar surface area (TPSA) is 66.6 Å². The first-order valence-corrected chi connectivity index (χ1v) is 4.98. The quantitative estimate of drug-likeness (QED) is 0.687. The molecule has 1 aliphatic rings. The summed E-state index contributed by atoms with van der Waals surface area (Å²) in [5.41, 5.74) is 7.40. The largest absolute Gasteiger partial charge is 0.398 e. The zero-order valence-electron chi connectivity index (χ0n) is 8.39. The molecule has 0 saturated carbocycles. The number of aliphatic hydroxyl groups excluding tert-OH is 1. The van der Waals surface area contributed by atoms with Crippen molar-refractivity contribution in [2.75, 3.05) is 12.3 Å². The Morgan fingerprint density at radius 1 is 1.47 bits per heavy atom. The highest BCUT2D eigenvalue weighted by molar-refractivity contribution is 5.82. The molecule has 1 aromatic carbocycles. The highest BCUT2D eigenvalue weighted by Gasteiger charge is 2.29. The maximum absolute atomic E-state index is 11.5. The number of hydrogen-bond acceptors (Lipinski definition) is 3. The van der Waals surface area contributed by atoms with Crippen LogP contribution in [0.1, 0.15) is 12.0 Å². The van der Waals surface area contributed by atoms with Crippen LogP contribution >= 0.6 is 0 Å². The number of aliphatic hydroxyl groups is 1. The van der Waals surface area contributed by atoms with Crippen molar-refractivity contribution in [2.45, 2.75) is 19.1 Å². The molecule has 1 heterocycles. The van der Waals surface area contributed by atoms with Crippen molar-refractivity contribution in [3.8, 4) is 0 Å². The molecular formula is C11H14N2O2. The Hall–Kier alpha value is -1.55. The van der Waals surface area contributed by atoms with Crippen LogP contribution in [-0.2, 0) is 11.3 Å². The molecule has 1 saturated heterocycles. The van der Waals surface area contributed by atoms with Crippen molar-refractivity contribution in [1.82, 2.24) is 4.90 Å². The van der Waals surface area contributed by atoms with E-state index in [1.165, 1.54) is 0 Å². The van der Waals surface area contributed by atoms with Crippen molar-refractivity contribution < 1.29 is 9.90 Å². The molecule has 1 atom stereocenters. The van der Waals surface area contributed by atoms with Gasteiger partial charge in [0.05, 0.1) is 0 Å². The summed E-state index contributed by atoms with van der Waals surface area (Å²) in [5, 5.41) is 9.29. The molecule has 3 N–H and O–H groups in total. The van der Waals surface area contributed by atoms with Crippen LogP contribution in [0.25, 0.3) is 0 Å². The lowest BCUT2D eigenvalue weighted by molar-refractivity contribution is -0.134. The second-order valence-electron chi connectivity index (χ2n) is 3.76. The molecule has 0 aliphatic carbocycles.